The third kappa shape index (κ3) is 3.70. The first-order valence-corrected chi connectivity index (χ1v) is 6.67. The quantitative estimate of drug-likeness (QED) is 0.622. The summed E-state index contributed by atoms with van der Waals surface area (Å²) in [7, 11) is -3.05. The van der Waals surface area contributed by atoms with Crippen molar-refractivity contribution in [1.82, 2.24) is 4.67 Å². The third-order valence-electron chi connectivity index (χ3n) is 1.82. The highest BCUT2D eigenvalue weighted by Crippen LogP contribution is 2.52. The Morgan fingerprint density at radius 3 is 1.79 bits per heavy atom. The van der Waals surface area contributed by atoms with E-state index in [-0.39, 0.29) is 6.04 Å². The van der Waals surface area contributed by atoms with Crippen molar-refractivity contribution >= 4 is 7.75 Å². The van der Waals surface area contributed by atoms with Gasteiger partial charge >= 0.3 is 7.75 Å². The molecule has 0 aromatic rings. The van der Waals surface area contributed by atoms with Gasteiger partial charge < -0.3 is 0 Å². The van der Waals surface area contributed by atoms with Crippen molar-refractivity contribution in [3.05, 3.63) is 0 Å². The fourth-order valence-corrected chi connectivity index (χ4v) is 3.27. The molecule has 0 saturated heterocycles. The normalized spacial score (nSPS) is 12.8. The highest BCUT2D eigenvalue weighted by Gasteiger charge is 2.33. The van der Waals surface area contributed by atoms with Crippen LogP contribution in [-0.2, 0) is 13.6 Å². The van der Waals surface area contributed by atoms with Crippen LogP contribution in [0.25, 0.3) is 0 Å². The molecule has 0 unspecified atom stereocenters. The van der Waals surface area contributed by atoms with Gasteiger partial charge in [0.15, 0.2) is 0 Å². The second-order valence-corrected chi connectivity index (χ2v) is 5.12. The summed E-state index contributed by atoms with van der Waals surface area (Å²) in [5.41, 5.74) is 0. The summed E-state index contributed by atoms with van der Waals surface area (Å²) in [6, 6.07) is 0.156. The molecule has 0 aliphatic rings. The molecule has 0 bridgehead atoms. The first kappa shape index (κ1) is 14.1. The van der Waals surface area contributed by atoms with E-state index in [2.05, 4.69) is 0 Å². The van der Waals surface area contributed by atoms with Crippen molar-refractivity contribution in [3.63, 3.8) is 0 Å². The van der Waals surface area contributed by atoms with Gasteiger partial charge in [0, 0.05) is 12.6 Å². The lowest BCUT2D eigenvalue weighted by Gasteiger charge is -2.31. The molecule has 0 rings (SSSR count). The Balaban J connectivity index is 4.67. The van der Waals surface area contributed by atoms with Crippen LogP contribution in [0.2, 0.25) is 0 Å². The molecule has 0 spiro atoms. The molecule has 0 fully saturated rings. The lowest BCUT2D eigenvalue weighted by atomic mass is 10.4. The maximum atomic E-state index is 12.3. The molecular weight excluding hydrogens is 201 g/mol. The smallest absolute Gasteiger partial charge is 0.297 e. The zero-order valence-electron chi connectivity index (χ0n) is 9.82. The largest absolute Gasteiger partial charge is 0.408 e. The van der Waals surface area contributed by atoms with Crippen LogP contribution in [0.5, 0.6) is 0 Å². The fraction of sp³-hybridized carbons (Fsp3) is 1.00. The predicted molar refractivity (Wildman–Crippen MR) is 58.4 cm³/mol. The summed E-state index contributed by atoms with van der Waals surface area (Å²) < 4.78 is 24.5. The van der Waals surface area contributed by atoms with Gasteiger partial charge in [-0.1, -0.05) is 6.92 Å². The van der Waals surface area contributed by atoms with Gasteiger partial charge in [-0.15, -0.1) is 0 Å². The maximum absolute atomic E-state index is 12.3. The van der Waals surface area contributed by atoms with Crippen LogP contribution in [0.1, 0.15) is 34.6 Å². The first-order valence-electron chi connectivity index (χ1n) is 5.18. The van der Waals surface area contributed by atoms with Gasteiger partial charge in [-0.3, -0.25) is 9.05 Å². The summed E-state index contributed by atoms with van der Waals surface area (Å²) in [6.07, 6.45) is 0. The average Bonchev–Trinajstić information content (AvgIpc) is 2.04. The van der Waals surface area contributed by atoms with E-state index in [0.29, 0.717) is 19.8 Å². The van der Waals surface area contributed by atoms with Gasteiger partial charge in [0.2, 0.25) is 0 Å². The van der Waals surface area contributed by atoms with E-state index in [1.165, 1.54) is 0 Å². The summed E-state index contributed by atoms with van der Waals surface area (Å²) in [4.78, 5) is 0. The van der Waals surface area contributed by atoms with E-state index in [1.807, 2.05) is 34.6 Å². The Morgan fingerprint density at radius 2 is 1.57 bits per heavy atom. The van der Waals surface area contributed by atoms with Gasteiger partial charge in [0.25, 0.3) is 0 Å². The van der Waals surface area contributed by atoms with Gasteiger partial charge in [-0.05, 0) is 27.7 Å². The maximum Gasteiger partial charge on any atom is 0.408 e. The lowest BCUT2D eigenvalue weighted by molar-refractivity contribution is 0.157. The standard InChI is InChI=1S/C9H22NO3P/c1-6-10(9(4)5)14(11,12-7-2)13-8-3/h9H,6-8H2,1-5H3. The topological polar surface area (TPSA) is 38.8 Å². The van der Waals surface area contributed by atoms with Crippen LogP contribution in [0.3, 0.4) is 0 Å². The van der Waals surface area contributed by atoms with Crippen LogP contribution in [-0.4, -0.2) is 30.5 Å². The number of hydrogen-bond acceptors (Lipinski definition) is 3. The van der Waals surface area contributed by atoms with Crippen molar-refractivity contribution < 1.29 is 13.6 Å². The van der Waals surface area contributed by atoms with Crippen molar-refractivity contribution in [2.75, 3.05) is 19.8 Å². The molecule has 0 amide bonds. The van der Waals surface area contributed by atoms with E-state index in [1.54, 1.807) is 4.67 Å². The predicted octanol–water partition coefficient (Wildman–Crippen LogP) is 2.90. The zero-order valence-corrected chi connectivity index (χ0v) is 10.7. The minimum absolute atomic E-state index is 0.156. The monoisotopic (exact) mass is 223 g/mol. The highest BCUT2D eigenvalue weighted by molar-refractivity contribution is 7.51. The molecule has 0 atom stereocenters. The highest BCUT2D eigenvalue weighted by atomic mass is 31.2. The van der Waals surface area contributed by atoms with Crippen LogP contribution in [0.15, 0.2) is 0 Å². The molecule has 0 saturated carbocycles. The van der Waals surface area contributed by atoms with Gasteiger partial charge in [-0.25, -0.2) is 9.24 Å². The Hall–Kier alpha value is 0.110. The molecule has 14 heavy (non-hydrogen) atoms. The van der Waals surface area contributed by atoms with E-state index in [0.717, 1.165) is 0 Å². The molecule has 0 aromatic carbocycles. The Labute approximate surface area is 87.2 Å². The van der Waals surface area contributed by atoms with Crippen molar-refractivity contribution in [3.8, 4) is 0 Å². The van der Waals surface area contributed by atoms with Gasteiger partial charge in [-0.2, -0.15) is 0 Å². The summed E-state index contributed by atoms with van der Waals surface area (Å²) in [5.74, 6) is 0. The molecule has 0 aliphatic carbocycles. The molecule has 5 heteroatoms. The van der Waals surface area contributed by atoms with Crippen LogP contribution in [0, 0.1) is 0 Å². The van der Waals surface area contributed by atoms with E-state index in [4.69, 9.17) is 9.05 Å². The summed E-state index contributed by atoms with van der Waals surface area (Å²) in [6.45, 7) is 11.0. The van der Waals surface area contributed by atoms with Crippen molar-refractivity contribution in [2.45, 2.75) is 40.7 Å². The van der Waals surface area contributed by atoms with E-state index < -0.39 is 7.75 Å². The third-order valence-corrected chi connectivity index (χ3v) is 4.36. The number of rotatable bonds is 7. The van der Waals surface area contributed by atoms with Crippen molar-refractivity contribution in [1.29, 1.82) is 0 Å². The van der Waals surface area contributed by atoms with Crippen LogP contribution >= 0.6 is 7.75 Å². The molecule has 0 aromatic heterocycles. The van der Waals surface area contributed by atoms with Crippen LogP contribution in [0.4, 0.5) is 0 Å². The minimum Gasteiger partial charge on any atom is -0.297 e. The van der Waals surface area contributed by atoms with Gasteiger partial charge in [0.1, 0.15) is 0 Å². The second kappa shape index (κ2) is 6.57. The number of hydrogen-bond donors (Lipinski definition) is 0. The molecular formula is C9H22NO3P. The van der Waals surface area contributed by atoms with E-state index in [9.17, 15) is 4.57 Å². The van der Waals surface area contributed by atoms with E-state index >= 15 is 0 Å². The fourth-order valence-electron chi connectivity index (χ4n) is 1.33. The molecule has 0 N–H and O–H groups in total. The lowest BCUT2D eigenvalue weighted by Crippen LogP contribution is -2.29. The summed E-state index contributed by atoms with van der Waals surface area (Å²) in [5, 5.41) is 0. The number of nitrogens with zero attached hydrogens (tertiary/aromatic N) is 1. The minimum atomic E-state index is -3.05. The summed E-state index contributed by atoms with van der Waals surface area (Å²) >= 11 is 0. The second-order valence-electron chi connectivity index (χ2n) is 3.15. The average molecular weight is 223 g/mol. The van der Waals surface area contributed by atoms with Gasteiger partial charge in [0.05, 0.1) is 13.2 Å². The molecule has 0 aliphatic heterocycles. The molecule has 0 heterocycles. The molecule has 86 valence electrons. The Kier molecular flexibility index (Phi) is 6.62. The first-order chi connectivity index (χ1) is 6.51. The Bertz CT molecular complexity index is 186. The SMILES string of the molecule is CCOP(=O)(OCC)N(CC)C(C)C. The van der Waals surface area contributed by atoms with Crippen LogP contribution < -0.4 is 0 Å². The molecule has 0 radical (unpaired) electrons. The zero-order chi connectivity index (χ0) is 11.2. The Morgan fingerprint density at radius 1 is 1.14 bits per heavy atom. The molecule has 4 nitrogen and oxygen atoms in total. The van der Waals surface area contributed by atoms with Crippen molar-refractivity contribution in [2.24, 2.45) is 0 Å².